The summed E-state index contributed by atoms with van der Waals surface area (Å²) in [5.41, 5.74) is 2.68. The molecule has 0 bridgehead atoms. The summed E-state index contributed by atoms with van der Waals surface area (Å²) in [7, 11) is 0. The summed E-state index contributed by atoms with van der Waals surface area (Å²) in [6.45, 7) is 15.7. The highest BCUT2D eigenvalue weighted by Gasteiger charge is 2.34. The molecule has 0 heteroatoms. The molecule has 1 saturated carbocycles. The Kier molecular flexibility index (Phi) is 4.91. The van der Waals surface area contributed by atoms with Crippen LogP contribution in [0.1, 0.15) is 67.7 Å². The van der Waals surface area contributed by atoms with Crippen molar-refractivity contribution in [3.05, 3.63) is 11.6 Å². The van der Waals surface area contributed by atoms with Crippen LogP contribution in [0.4, 0.5) is 0 Å². The summed E-state index contributed by atoms with van der Waals surface area (Å²) < 4.78 is 0. The molecule has 0 N–H and O–H groups in total. The van der Waals surface area contributed by atoms with Crippen molar-refractivity contribution in [2.75, 3.05) is 0 Å². The molecule has 0 heterocycles. The first-order valence-electron chi connectivity index (χ1n) is 5.99. The highest BCUT2D eigenvalue weighted by molar-refractivity contribution is 5.11. The number of hydrogen-bond donors (Lipinski definition) is 0. The Labute approximate surface area is 90.8 Å². The zero-order chi connectivity index (χ0) is 11.4. The van der Waals surface area contributed by atoms with Crippen LogP contribution < -0.4 is 0 Å². The second kappa shape index (κ2) is 5.00. The minimum Gasteiger partial charge on any atom is -0.0884 e. The quantitative estimate of drug-likeness (QED) is 0.467. The minimum atomic E-state index is 0.517. The predicted octanol–water partition coefficient (Wildman–Crippen LogP) is 5.20. The smallest absolute Gasteiger partial charge is 0.0268 e. The molecule has 0 aromatic heterocycles. The van der Waals surface area contributed by atoms with Crippen molar-refractivity contribution in [1.29, 1.82) is 0 Å². The van der Waals surface area contributed by atoms with Gasteiger partial charge in [0.1, 0.15) is 0 Å². The van der Waals surface area contributed by atoms with Gasteiger partial charge < -0.3 is 0 Å². The van der Waals surface area contributed by atoms with Crippen LogP contribution in [0.5, 0.6) is 0 Å². The molecule has 0 radical (unpaired) electrons. The van der Waals surface area contributed by atoms with E-state index >= 15 is 0 Å². The van der Waals surface area contributed by atoms with Gasteiger partial charge in [-0.1, -0.05) is 53.2 Å². The predicted molar refractivity (Wildman–Crippen MR) is 66.5 cm³/mol. The third kappa shape index (κ3) is 4.30. The van der Waals surface area contributed by atoms with Gasteiger partial charge in [-0.2, -0.15) is 0 Å². The van der Waals surface area contributed by atoms with Crippen LogP contribution in [-0.4, -0.2) is 0 Å². The van der Waals surface area contributed by atoms with Crippen LogP contribution in [0.15, 0.2) is 11.6 Å². The van der Waals surface area contributed by atoms with Crippen LogP contribution in [0.2, 0.25) is 0 Å². The average molecular weight is 196 g/mol. The van der Waals surface area contributed by atoms with Crippen molar-refractivity contribution in [3.8, 4) is 0 Å². The van der Waals surface area contributed by atoms with E-state index in [1.54, 1.807) is 5.57 Å². The van der Waals surface area contributed by atoms with Gasteiger partial charge in [0.15, 0.2) is 0 Å². The van der Waals surface area contributed by atoms with E-state index in [2.05, 4.69) is 40.7 Å². The molecular weight excluding hydrogens is 168 g/mol. The normalized spacial score (nSPS) is 23.5. The topological polar surface area (TPSA) is 0 Å². The molecule has 0 spiro atoms. The summed E-state index contributed by atoms with van der Waals surface area (Å²) in [6, 6.07) is 0. The fourth-order valence-electron chi connectivity index (χ4n) is 2.92. The van der Waals surface area contributed by atoms with Crippen LogP contribution in [-0.2, 0) is 0 Å². The van der Waals surface area contributed by atoms with E-state index < -0.39 is 0 Å². The van der Waals surface area contributed by atoms with Crippen molar-refractivity contribution in [3.63, 3.8) is 0 Å². The highest BCUT2D eigenvalue weighted by atomic mass is 14.4. The summed E-state index contributed by atoms with van der Waals surface area (Å²) in [4.78, 5) is 0. The Morgan fingerprint density at radius 1 is 0.929 bits per heavy atom. The first-order chi connectivity index (χ1) is 6.35. The van der Waals surface area contributed by atoms with Gasteiger partial charge in [0.25, 0.3) is 0 Å². The van der Waals surface area contributed by atoms with Gasteiger partial charge >= 0.3 is 0 Å². The zero-order valence-electron chi connectivity index (χ0n) is 11.2. The van der Waals surface area contributed by atoms with Gasteiger partial charge in [-0.05, 0) is 37.0 Å². The van der Waals surface area contributed by atoms with Crippen molar-refractivity contribution in [2.45, 2.75) is 67.7 Å². The van der Waals surface area contributed by atoms with Gasteiger partial charge in [0.2, 0.25) is 0 Å². The molecule has 0 aromatic rings. The Bertz CT molecular complexity index is 176. The maximum atomic E-state index is 2.39. The van der Waals surface area contributed by atoms with Crippen molar-refractivity contribution in [1.82, 2.24) is 0 Å². The maximum absolute atomic E-state index is 2.39. The molecule has 0 nitrogen and oxygen atoms in total. The third-order valence-electron chi connectivity index (χ3n) is 2.78. The molecule has 0 unspecified atom stereocenters. The molecule has 1 fully saturated rings. The Morgan fingerprint density at radius 3 is 1.57 bits per heavy atom. The molecule has 14 heavy (non-hydrogen) atoms. The Balaban J connectivity index is 0.000000791. The first kappa shape index (κ1) is 13.7. The van der Waals surface area contributed by atoms with Crippen LogP contribution in [0.25, 0.3) is 0 Å². The molecular formula is C14H28. The van der Waals surface area contributed by atoms with Crippen molar-refractivity contribution in [2.24, 2.45) is 10.8 Å². The lowest BCUT2D eigenvalue weighted by atomic mass is 9.63. The second-order valence-corrected chi connectivity index (χ2v) is 5.81. The van der Waals surface area contributed by atoms with E-state index in [0.717, 1.165) is 0 Å². The molecule has 0 aromatic carbocycles. The number of rotatable bonds is 0. The standard InChI is InChI=1S/C12H22.C2H6/c1-6-10-7-11(2,3)9-12(4,5)8-10;1-2/h6H,7-9H2,1-5H3;1-2H3. The van der Waals surface area contributed by atoms with Gasteiger partial charge in [0.05, 0.1) is 0 Å². The van der Waals surface area contributed by atoms with Gasteiger partial charge in [-0.3, -0.25) is 0 Å². The lowest BCUT2D eigenvalue weighted by molar-refractivity contribution is 0.154. The minimum absolute atomic E-state index is 0.517. The Hall–Kier alpha value is -0.260. The molecule has 1 aliphatic carbocycles. The fourth-order valence-corrected chi connectivity index (χ4v) is 2.92. The van der Waals surface area contributed by atoms with Gasteiger partial charge in [0, 0.05) is 0 Å². The SMILES string of the molecule is CC.CC=C1CC(C)(C)CC(C)(C)C1. The monoisotopic (exact) mass is 196 g/mol. The van der Waals surface area contributed by atoms with Crippen LogP contribution in [0.3, 0.4) is 0 Å². The van der Waals surface area contributed by atoms with Crippen LogP contribution >= 0.6 is 0 Å². The molecule has 0 saturated heterocycles. The molecule has 0 atom stereocenters. The number of allylic oxidation sites excluding steroid dienone is 2. The van der Waals surface area contributed by atoms with Crippen molar-refractivity contribution >= 4 is 0 Å². The molecule has 1 aliphatic rings. The van der Waals surface area contributed by atoms with E-state index in [4.69, 9.17) is 0 Å². The number of hydrogen-bond acceptors (Lipinski definition) is 0. The zero-order valence-corrected chi connectivity index (χ0v) is 11.2. The summed E-state index contributed by atoms with van der Waals surface area (Å²) in [5, 5.41) is 0. The van der Waals surface area contributed by atoms with E-state index in [1.807, 2.05) is 13.8 Å². The Morgan fingerprint density at radius 2 is 1.29 bits per heavy atom. The molecule has 0 aliphatic heterocycles. The largest absolute Gasteiger partial charge is 0.0884 e. The highest BCUT2D eigenvalue weighted by Crippen LogP contribution is 2.47. The fraction of sp³-hybridized carbons (Fsp3) is 0.857. The lowest BCUT2D eigenvalue weighted by Gasteiger charge is -2.42. The molecule has 0 amide bonds. The third-order valence-corrected chi connectivity index (χ3v) is 2.78. The van der Waals surface area contributed by atoms with E-state index in [1.165, 1.54) is 19.3 Å². The lowest BCUT2D eigenvalue weighted by Crippen LogP contribution is -2.29. The molecule has 1 rings (SSSR count). The van der Waals surface area contributed by atoms with Crippen molar-refractivity contribution < 1.29 is 0 Å². The van der Waals surface area contributed by atoms with E-state index in [-0.39, 0.29) is 0 Å². The first-order valence-corrected chi connectivity index (χ1v) is 5.99. The molecule has 84 valence electrons. The summed E-state index contributed by atoms with van der Waals surface area (Å²) in [5.74, 6) is 0. The maximum Gasteiger partial charge on any atom is -0.0268 e. The summed E-state index contributed by atoms with van der Waals surface area (Å²) >= 11 is 0. The average Bonchev–Trinajstić information content (AvgIpc) is 2.02. The van der Waals surface area contributed by atoms with Gasteiger partial charge in [-0.15, -0.1) is 0 Å². The van der Waals surface area contributed by atoms with E-state index in [9.17, 15) is 0 Å². The second-order valence-electron chi connectivity index (χ2n) is 5.81. The van der Waals surface area contributed by atoms with E-state index in [0.29, 0.717) is 10.8 Å². The van der Waals surface area contributed by atoms with Gasteiger partial charge in [-0.25, -0.2) is 0 Å². The summed E-state index contributed by atoms with van der Waals surface area (Å²) in [6.07, 6.45) is 6.26. The van der Waals surface area contributed by atoms with Crippen LogP contribution in [0, 0.1) is 10.8 Å².